The molecule has 4 heteroatoms. The van der Waals surface area contributed by atoms with Gasteiger partial charge in [-0.15, -0.1) is 11.8 Å². The fourth-order valence-corrected chi connectivity index (χ4v) is 1.41. The van der Waals surface area contributed by atoms with Crippen LogP contribution in [-0.2, 0) is 0 Å². The number of thioether (sulfide) groups is 1. The molecule has 1 amide bonds. The Morgan fingerprint density at radius 2 is 2.23 bits per heavy atom. The topological polar surface area (TPSA) is 29.1 Å². The first-order valence-corrected chi connectivity index (χ1v) is 4.97. The lowest BCUT2D eigenvalue weighted by molar-refractivity contribution is 0.0962. The van der Waals surface area contributed by atoms with E-state index in [0.717, 1.165) is 0 Å². The molecular weight excluding hydrogens is 189 g/mol. The minimum atomic E-state index is -0.353. The van der Waals surface area contributed by atoms with Gasteiger partial charge in [0, 0.05) is 17.5 Å². The van der Waals surface area contributed by atoms with Crippen LogP contribution in [0.15, 0.2) is 23.1 Å². The van der Waals surface area contributed by atoms with E-state index in [9.17, 15) is 9.18 Å². The van der Waals surface area contributed by atoms with E-state index >= 15 is 0 Å². The van der Waals surface area contributed by atoms with Crippen molar-refractivity contribution in [3.63, 3.8) is 0 Å². The third-order valence-electron chi connectivity index (χ3n) is 1.64. The van der Waals surface area contributed by atoms with Crippen LogP contribution < -0.4 is 5.32 Å². The molecule has 2 nitrogen and oxygen atoms in total. The average Bonchev–Trinajstić information content (AvgIpc) is 2.16. The summed E-state index contributed by atoms with van der Waals surface area (Å²) in [6, 6.07) is 4.45. The molecule has 0 radical (unpaired) electrons. The maximum Gasteiger partial charge on any atom is 0.251 e. The van der Waals surface area contributed by atoms with Gasteiger partial charge >= 0.3 is 0 Å². The molecule has 0 aromatic heterocycles. The second-order valence-electron chi connectivity index (χ2n) is 2.43. The second-order valence-corrected chi connectivity index (χ2v) is 3.28. The quantitative estimate of drug-likeness (QED) is 0.737. The molecule has 0 saturated carbocycles. The van der Waals surface area contributed by atoms with E-state index in [2.05, 4.69) is 5.32 Å². The summed E-state index contributed by atoms with van der Waals surface area (Å²) in [6.45, 7) is 0. The Morgan fingerprint density at radius 1 is 1.54 bits per heavy atom. The lowest BCUT2D eigenvalue weighted by atomic mass is 10.2. The lowest BCUT2D eigenvalue weighted by Crippen LogP contribution is -2.17. The highest BCUT2D eigenvalue weighted by Gasteiger charge is 2.06. The highest BCUT2D eigenvalue weighted by molar-refractivity contribution is 7.98. The zero-order chi connectivity index (χ0) is 9.84. The fourth-order valence-electron chi connectivity index (χ4n) is 0.952. The first-order valence-electron chi connectivity index (χ1n) is 3.74. The van der Waals surface area contributed by atoms with Crippen LogP contribution >= 0.6 is 11.8 Å². The van der Waals surface area contributed by atoms with Crippen molar-refractivity contribution in [2.75, 3.05) is 13.3 Å². The summed E-state index contributed by atoms with van der Waals surface area (Å²) in [5.74, 6) is -0.625. The third kappa shape index (κ3) is 2.21. The Morgan fingerprint density at radius 3 is 2.69 bits per heavy atom. The van der Waals surface area contributed by atoms with Gasteiger partial charge in [0.05, 0.1) is 0 Å². The van der Waals surface area contributed by atoms with Crippen molar-refractivity contribution in [2.45, 2.75) is 4.90 Å². The van der Waals surface area contributed by atoms with Crippen molar-refractivity contribution in [3.05, 3.63) is 29.6 Å². The molecule has 13 heavy (non-hydrogen) atoms. The minimum Gasteiger partial charge on any atom is -0.355 e. The number of hydrogen-bond donors (Lipinski definition) is 1. The van der Waals surface area contributed by atoms with E-state index in [1.165, 1.54) is 24.9 Å². The minimum absolute atomic E-state index is 0.272. The van der Waals surface area contributed by atoms with Gasteiger partial charge in [-0.2, -0.15) is 0 Å². The first kappa shape index (κ1) is 10.1. The van der Waals surface area contributed by atoms with Gasteiger partial charge in [-0.25, -0.2) is 4.39 Å². The van der Waals surface area contributed by atoms with Gasteiger partial charge in [0.25, 0.3) is 5.91 Å². The molecule has 0 spiro atoms. The molecule has 0 bridgehead atoms. The number of amides is 1. The Bertz CT molecular complexity index is 327. The predicted molar refractivity (Wildman–Crippen MR) is 51.6 cm³/mol. The van der Waals surface area contributed by atoms with Crippen LogP contribution in [0.1, 0.15) is 10.4 Å². The van der Waals surface area contributed by atoms with Crippen LogP contribution in [0.2, 0.25) is 0 Å². The second kappa shape index (κ2) is 4.28. The SMILES string of the molecule is CNC(=O)c1ccc(SC)c(F)c1. The molecule has 1 rings (SSSR count). The third-order valence-corrected chi connectivity index (χ3v) is 2.41. The van der Waals surface area contributed by atoms with Crippen molar-refractivity contribution in [1.82, 2.24) is 5.32 Å². The van der Waals surface area contributed by atoms with Gasteiger partial charge < -0.3 is 5.32 Å². The van der Waals surface area contributed by atoms with Gasteiger partial charge in [-0.1, -0.05) is 0 Å². The van der Waals surface area contributed by atoms with E-state index in [4.69, 9.17) is 0 Å². The number of halogens is 1. The largest absolute Gasteiger partial charge is 0.355 e. The van der Waals surface area contributed by atoms with Crippen molar-refractivity contribution in [2.24, 2.45) is 0 Å². The number of hydrogen-bond acceptors (Lipinski definition) is 2. The Labute approximate surface area is 80.5 Å². The lowest BCUT2D eigenvalue weighted by Gasteiger charge is -2.02. The summed E-state index contributed by atoms with van der Waals surface area (Å²) >= 11 is 1.32. The van der Waals surface area contributed by atoms with Crippen molar-refractivity contribution >= 4 is 17.7 Å². The van der Waals surface area contributed by atoms with Crippen LogP contribution in [0.5, 0.6) is 0 Å². The molecule has 1 aromatic carbocycles. The monoisotopic (exact) mass is 199 g/mol. The molecule has 0 saturated heterocycles. The average molecular weight is 199 g/mol. The van der Waals surface area contributed by atoms with E-state index in [0.29, 0.717) is 10.5 Å². The number of nitrogens with one attached hydrogen (secondary N) is 1. The van der Waals surface area contributed by atoms with Crippen molar-refractivity contribution < 1.29 is 9.18 Å². The number of carbonyl (C=O) groups is 1. The fraction of sp³-hybridized carbons (Fsp3) is 0.222. The van der Waals surface area contributed by atoms with Crippen LogP contribution in [0.4, 0.5) is 4.39 Å². The van der Waals surface area contributed by atoms with E-state index in [1.807, 2.05) is 0 Å². The summed E-state index contributed by atoms with van der Waals surface area (Å²) in [5.41, 5.74) is 0.345. The molecule has 0 aliphatic heterocycles. The Balaban J connectivity index is 3.02. The molecule has 0 atom stereocenters. The summed E-state index contributed by atoms with van der Waals surface area (Å²) in [5, 5.41) is 2.43. The van der Waals surface area contributed by atoms with Crippen LogP contribution in [-0.4, -0.2) is 19.2 Å². The Hall–Kier alpha value is -1.03. The van der Waals surface area contributed by atoms with Gasteiger partial charge in [0.1, 0.15) is 5.82 Å². The summed E-state index contributed by atoms with van der Waals surface area (Å²) in [7, 11) is 1.52. The standard InChI is InChI=1S/C9H10FNOS/c1-11-9(12)6-3-4-8(13-2)7(10)5-6/h3-5H,1-2H3,(H,11,12). The highest BCUT2D eigenvalue weighted by Crippen LogP contribution is 2.19. The highest BCUT2D eigenvalue weighted by atomic mass is 32.2. The van der Waals surface area contributed by atoms with E-state index in [1.54, 1.807) is 18.4 Å². The van der Waals surface area contributed by atoms with Crippen LogP contribution in [0.3, 0.4) is 0 Å². The molecule has 0 unspecified atom stereocenters. The number of rotatable bonds is 2. The van der Waals surface area contributed by atoms with Gasteiger partial charge in [-0.3, -0.25) is 4.79 Å². The van der Waals surface area contributed by atoms with Crippen LogP contribution in [0.25, 0.3) is 0 Å². The maximum absolute atomic E-state index is 13.1. The van der Waals surface area contributed by atoms with Gasteiger partial charge in [-0.05, 0) is 24.5 Å². The number of carbonyl (C=O) groups excluding carboxylic acids is 1. The zero-order valence-electron chi connectivity index (χ0n) is 7.43. The smallest absolute Gasteiger partial charge is 0.251 e. The summed E-state index contributed by atoms with van der Waals surface area (Å²) < 4.78 is 13.1. The van der Waals surface area contributed by atoms with Crippen molar-refractivity contribution in [1.29, 1.82) is 0 Å². The van der Waals surface area contributed by atoms with E-state index < -0.39 is 0 Å². The molecule has 70 valence electrons. The molecule has 0 fully saturated rings. The normalized spacial score (nSPS) is 9.77. The molecule has 0 heterocycles. The number of benzene rings is 1. The molecule has 1 aromatic rings. The van der Waals surface area contributed by atoms with Gasteiger partial charge in [0.2, 0.25) is 0 Å². The first-order chi connectivity index (χ1) is 6.19. The molecule has 0 aliphatic rings. The summed E-state index contributed by atoms with van der Waals surface area (Å²) in [4.78, 5) is 11.6. The Kier molecular flexibility index (Phi) is 3.31. The summed E-state index contributed by atoms with van der Waals surface area (Å²) in [6.07, 6.45) is 1.79. The van der Waals surface area contributed by atoms with E-state index in [-0.39, 0.29) is 11.7 Å². The van der Waals surface area contributed by atoms with Gasteiger partial charge in [0.15, 0.2) is 0 Å². The van der Waals surface area contributed by atoms with Crippen LogP contribution in [0, 0.1) is 5.82 Å². The predicted octanol–water partition coefficient (Wildman–Crippen LogP) is 1.91. The molecule has 0 aliphatic carbocycles. The molecule has 1 N–H and O–H groups in total. The van der Waals surface area contributed by atoms with Crippen molar-refractivity contribution in [3.8, 4) is 0 Å². The zero-order valence-corrected chi connectivity index (χ0v) is 8.24. The maximum atomic E-state index is 13.1. The molecular formula is C9H10FNOS.